The van der Waals surface area contributed by atoms with Gasteiger partial charge >= 0.3 is 0 Å². The van der Waals surface area contributed by atoms with E-state index in [4.69, 9.17) is 9.97 Å². The monoisotopic (exact) mass is 382 g/mol. The molecule has 0 saturated heterocycles. The molecule has 0 saturated carbocycles. The minimum absolute atomic E-state index is 0.0700. The van der Waals surface area contributed by atoms with Gasteiger partial charge in [-0.15, -0.1) is 0 Å². The fraction of sp³-hybridized carbons (Fsp3) is 0.0417. The number of carbonyl (C=O) groups excluding carboxylic acids is 1. The van der Waals surface area contributed by atoms with Gasteiger partial charge in [-0.05, 0) is 6.07 Å². The third-order valence-electron chi connectivity index (χ3n) is 4.27. The molecule has 0 radical (unpaired) electrons. The van der Waals surface area contributed by atoms with Gasteiger partial charge < -0.3 is 0 Å². The average molecular weight is 382 g/mol. The van der Waals surface area contributed by atoms with Crippen LogP contribution in [0, 0.1) is 0 Å². The van der Waals surface area contributed by atoms with E-state index in [-0.39, 0.29) is 5.78 Å². The summed E-state index contributed by atoms with van der Waals surface area (Å²) >= 11 is 1.37. The first kappa shape index (κ1) is 18.1. The van der Waals surface area contributed by atoms with Crippen LogP contribution >= 0.6 is 11.8 Å². The number of rotatable bonds is 6. The fourth-order valence-corrected chi connectivity index (χ4v) is 3.59. The number of ketones is 1. The zero-order chi connectivity index (χ0) is 19.2. The third kappa shape index (κ3) is 4.35. The first-order valence-corrected chi connectivity index (χ1v) is 9.99. The zero-order valence-electron chi connectivity index (χ0n) is 15.2. The van der Waals surface area contributed by atoms with Crippen molar-refractivity contribution in [3.05, 3.63) is 103 Å². The van der Waals surface area contributed by atoms with Gasteiger partial charge in [0.15, 0.2) is 10.9 Å². The van der Waals surface area contributed by atoms with Gasteiger partial charge in [0.25, 0.3) is 0 Å². The van der Waals surface area contributed by atoms with E-state index in [2.05, 4.69) is 0 Å². The molecule has 3 nitrogen and oxygen atoms in total. The highest BCUT2D eigenvalue weighted by atomic mass is 32.2. The summed E-state index contributed by atoms with van der Waals surface area (Å²) in [5.41, 5.74) is 4.46. The maximum atomic E-state index is 12.5. The minimum Gasteiger partial charge on any atom is -0.293 e. The summed E-state index contributed by atoms with van der Waals surface area (Å²) in [6, 6.07) is 31.4. The molecule has 136 valence electrons. The van der Waals surface area contributed by atoms with Crippen LogP contribution in [0.5, 0.6) is 0 Å². The largest absolute Gasteiger partial charge is 0.293 e. The molecule has 0 bridgehead atoms. The van der Waals surface area contributed by atoms with Gasteiger partial charge in [-0.25, -0.2) is 9.97 Å². The smallest absolute Gasteiger partial charge is 0.189 e. The van der Waals surface area contributed by atoms with Gasteiger partial charge in [0.2, 0.25) is 0 Å². The molecule has 4 rings (SSSR count). The maximum absolute atomic E-state index is 12.5. The first-order chi connectivity index (χ1) is 13.8. The average Bonchev–Trinajstić information content (AvgIpc) is 2.79. The molecule has 1 heterocycles. The molecule has 0 unspecified atom stereocenters. The van der Waals surface area contributed by atoms with Crippen LogP contribution < -0.4 is 0 Å². The van der Waals surface area contributed by atoms with Crippen molar-refractivity contribution in [2.24, 2.45) is 0 Å². The summed E-state index contributed by atoms with van der Waals surface area (Å²) in [7, 11) is 0. The Kier molecular flexibility index (Phi) is 5.59. The normalized spacial score (nSPS) is 10.6. The lowest BCUT2D eigenvalue weighted by molar-refractivity contribution is 0.102. The van der Waals surface area contributed by atoms with Crippen LogP contribution in [-0.2, 0) is 0 Å². The SMILES string of the molecule is O=C(CSc1nc(-c2ccccc2)cc(-c2ccccc2)n1)c1ccccc1. The Labute approximate surface area is 168 Å². The van der Waals surface area contributed by atoms with Crippen LogP contribution in [0.2, 0.25) is 0 Å². The highest BCUT2D eigenvalue weighted by Crippen LogP contribution is 2.27. The van der Waals surface area contributed by atoms with Crippen molar-refractivity contribution in [1.29, 1.82) is 0 Å². The number of thioether (sulfide) groups is 1. The molecule has 4 aromatic rings. The minimum atomic E-state index is 0.0700. The lowest BCUT2D eigenvalue weighted by Crippen LogP contribution is -2.03. The predicted octanol–water partition coefficient (Wildman–Crippen LogP) is 5.79. The molecular weight excluding hydrogens is 364 g/mol. The lowest BCUT2D eigenvalue weighted by atomic mass is 10.1. The Morgan fingerprint density at radius 3 is 1.64 bits per heavy atom. The van der Waals surface area contributed by atoms with Crippen LogP contribution in [0.25, 0.3) is 22.5 Å². The van der Waals surface area contributed by atoms with Gasteiger partial charge in [0.05, 0.1) is 17.1 Å². The molecule has 0 atom stereocenters. The topological polar surface area (TPSA) is 42.9 Å². The molecule has 4 heteroatoms. The van der Waals surface area contributed by atoms with Crippen LogP contribution in [0.15, 0.2) is 102 Å². The number of nitrogens with zero attached hydrogens (tertiary/aromatic N) is 2. The quantitative estimate of drug-likeness (QED) is 0.241. The second-order valence-corrected chi connectivity index (χ2v) is 7.17. The Balaban J connectivity index is 1.65. The van der Waals surface area contributed by atoms with E-state index >= 15 is 0 Å². The number of hydrogen-bond acceptors (Lipinski definition) is 4. The summed E-state index contributed by atoms with van der Waals surface area (Å²) in [6.45, 7) is 0. The van der Waals surface area contributed by atoms with Crippen molar-refractivity contribution < 1.29 is 4.79 Å². The summed E-state index contributed by atoms with van der Waals surface area (Å²) < 4.78 is 0. The van der Waals surface area contributed by atoms with Crippen molar-refractivity contribution in [3.63, 3.8) is 0 Å². The number of Topliss-reactive ketones (excluding diaryl/α,β-unsaturated/α-hetero) is 1. The van der Waals surface area contributed by atoms with E-state index in [1.54, 1.807) is 0 Å². The number of aromatic nitrogens is 2. The van der Waals surface area contributed by atoms with Gasteiger partial charge in [0, 0.05) is 16.7 Å². The Bertz CT molecular complexity index is 1010. The molecule has 0 spiro atoms. The number of benzene rings is 3. The van der Waals surface area contributed by atoms with Crippen LogP contribution in [0.4, 0.5) is 0 Å². The molecule has 0 aliphatic heterocycles. The van der Waals surface area contributed by atoms with Gasteiger partial charge in [-0.1, -0.05) is 103 Å². The van der Waals surface area contributed by atoms with Gasteiger partial charge in [0.1, 0.15) is 0 Å². The van der Waals surface area contributed by atoms with Gasteiger partial charge in [-0.3, -0.25) is 4.79 Å². The van der Waals surface area contributed by atoms with E-state index in [9.17, 15) is 4.79 Å². The molecule has 3 aromatic carbocycles. The summed E-state index contributed by atoms with van der Waals surface area (Å²) in [5, 5.41) is 0.601. The van der Waals surface area contributed by atoms with E-state index in [1.807, 2.05) is 97.1 Å². The molecular formula is C24H18N2OS. The molecule has 28 heavy (non-hydrogen) atoms. The zero-order valence-corrected chi connectivity index (χ0v) is 16.0. The molecule has 0 aliphatic rings. The lowest BCUT2D eigenvalue weighted by Gasteiger charge is -2.08. The predicted molar refractivity (Wildman–Crippen MR) is 114 cm³/mol. The van der Waals surface area contributed by atoms with Gasteiger partial charge in [-0.2, -0.15) is 0 Å². The van der Waals surface area contributed by atoms with E-state index in [1.165, 1.54) is 11.8 Å². The number of hydrogen-bond donors (Lipinski definition) is 0. The summed E-state index contributed by atoms with van der Waals surface area (Å²) in [4.78, 5) is 21.8. The third-order valence-corrected chi connectivity index (χ3v) is 5.12. The van der Waals surface area contributed by atoms with Crippen molar-refractivity contribution in [2.75, 3.05) is 5.75 Å². The molecule has 0 N–H and O–H groups in total. The molecule has 0 aliphatic carbocycles. The molecule has 0 fully saturated rings. The Morgan fingerprint density at radius 2 is 1.14 bits per heavy atom. The summed E-state index contributed by atoms with van der Waals surface area (Å²) in [6.07, 6.45) is 0. The second kappa shape index (κ2) is 8.63. The van der Waals surface area contributed by atoms with Crippen LogP contribution in [-0.4, -0.2) is 21.5 Å². The Morgan fingerprint density at radius 1 is 0.679 bits per heavy atom. The second-order valence-electron chi connectivity index (χ2n) is 6.23. The van der Waals surface area contributed by atoms with E-state index < -0.39 is 0 Å². The molecule has 1 aromatic heterocycles. The van der Waals surface area contributed by atoms with Crippen molar-refractivity contribution in [2.45, 2.75) is 5.16 Å². The fourth-order valence-electron chi connectivity index (χ4n) is 2.84. The first-order valence-electron chi connectivity index (χ1n) is 9.00. The van der Waals surface area contributed by atoms with Crippen molar-refractivity contribution >= 4 is 17.5 Å². The van der Waals surface area contributed by atoms with Crippen molar-refractivity contribution in [3.8, 4) is 22.5 Å². The maximum Gasteiger partial charge on any atom is 0.189 e. The highest BCUT2D eigenvalue weighted by Gasteiger charge is 2.12. The summed E-state index contributed by atoms with van der Waals surface area (Å²) in [5.74, 6) is 0.372. The standard InChI is InChI=1S/C24H18N2OS/c27-23(20-14-8-3-9-15-20)17-28-24-25-21(18-10-4-1-5-11-18)16-22(26-24)19-12-6-2-7-13-19/h1-16H,17H2. The van der Waals surface area contributed by atoms with E-state index in [0.29, 0.717) is 16.5 Å². The number of carbonyl (C=O) groups is 1. The highest BCUT2D eigenvalue weighted by molar-refractivity contribution is 7.99. The molecule has 0 amide bonds. The Hall–Kier alpha value is -3.24. The van der Waals surface area contributed by atoms with E-state index in [0.717, 1.165) is 22.5 Å². The van der Waals surface area contributed by atoms with Crippen LogP contribution in [0.1, 0.15) is 10.4 Å². The van der Waals surface area contributed by atoms with Crippen molar-refractivity contribution in [1.82, 2.24) is 9.97 Å². The van der Waals surface area contributed by atoms with Crippen LogP contribution in [0.3, 0.4) is 0 Å².